The molecule has 0 aliphatic carbocycles. The lowest BCUT2D eigenvalue weighted by molar-refractivity contribution is -0.137. The second-order valence-corrected chi connectivity index (χ2v) is 6.00. The highest BCUT2D eigenvalue weighted by Crippen LogP contribution is 2.17. The lowest BCUT2D eigenvalue weighted by atomic mass is 10.2. The van der Waals surface area contributed by atoms with Crippen LogP contribution in [-0.2, 0) is 16.1 Å². The van der Waals surface area contributed by atoms with Gasteiger partial charge in [0, 0.05) is 11.0 Å². The first-order chi connectivity index (χ1) is 10.2. The van der Waals surface area contributed by atoms with Gasteiger partial charge in [-0.15, -0.1) is 0 Å². The number of esters is 1. The predicted octanol–water partition coefficient (Wildman–Crippen LogP) is 3.12. The van der Waals surface area contributed by atoms with Gasteiger partial charge in [0.1, 0.15) is 10.8 Å². The van der Waals surface area contributed by atoms with Crippen molar-refractivity contribution in [3.8, 4) is 0 Å². The highest BCUT2D eigenvalue weighted by molar-refractivity contribution is 9.10. The van der Waals surface area contributed by atoms with E-state index in [1.54, 1.807) is 12.4 Å². The molecule has 7 heteroatoms. The number of nitrogens with one attached hydrogen (secondary N) is 1. The van der Waals surface area contributed by atoms with Gasteiger partial charge in [-0.25, -0.2) is 4.98 Å². The minimum absolute atomic E-state index is 0.224. The fraction of sp³-hybridized carbons (Fsp3) is 0.214. The van der Waals surface area contributed by atoms with E-state index in [4.69, 9.17) is 0 Å². The Hall–Kier alpha value is -1.60. The van der Waals surface area contributed by atoms with Crippen molar-refractivity contribution in [3.63, 3.8) is 0 Å². The smallest absolute Gasteiger partial charge is 0.316 e. The summed E-state index contributed by atoms with van der Waals surface area (Å²) in [5.41, 5.74) is 1.15. The molecule has 5 nitrogen and oxygen atoms in total. The molecule has 0 atom stereocenters. The fourth-order valence-corrected chi connectivity index (χ4v) is 2.44. The molecule has 0 amide bonds. The summed E-state index contributed by atoms with van der Waals surface area (Å²) in [5, 5.41) is 3.89. The van der Waals surface area contributed by atoms with Gasteiger partial charge in [0.15, 0.2) is 0 Å². The molecule has 1 N–H and O–H groups in total. The Balaban J connectivity index is 1.91. The number of anilines is 1. The van der Waals surface area contributed by atoms with Gasteiger partial charge in [-0.05, 0) is 17.7 Å². The Morgan fingerprint density at radius 1 is 1.33 bits per heavy atom. The zero-order chi connectivity index (χ0) is 15.1. The number of ether oxygens (including phenoxy) is 1. The number of benzene rings is 1. The van der Waals surface area contributed by atoms with Crippen molar-refractivity contribution in [2.24, 2.45) is 0 Å². The summed E-state index contributed by atoms with van der Waals surface area (Å²) >= 11 is 4.70. The molecule has 110 valence electrons. The van der Waals surface area contributed by atoms with Crippen LogP contribution in [0.15, 0.2) is 46.2 Å². The van der Waals surface area contributed by atoms with Crippen molar-refractivity contribution in [3.05, 3.63) is 46.7 Å². The Morgan fingerprint density at radius 3 is 2.81 bits per heavy atom. The van der Waals surface area contributed by atoms with Crippen LogP contribution in [0.5, 0.6) is 0 Å². The number of hydrogen-bond acceptors (Lipinski definition) is 6. The molecule has 0 aliphatic heterocycles. The van der Waals surface area contributed by atoms with E-state index in [2.05, 4.69) is 36.0 Å². The van der Waals surface area contributed by atoms with Gasteiger partial charge in [-0.1, -0.05) is 39.8 Å². The van der Waals surface area contributed by atoms with Crippen molar-refractivity contribution < 1.29 is 9.53 Å². The monoisotopic (exact) mass is 367 g/mol. The van der Waals surface area contributed by atoms with Gasteiger partial charge in [0.25, 0.3) is 0 Å². The predicted molar refractivity (Wildman–Crippen MR) is 86.2 cm³/mol. The average Bonchev–Trinajstić information content (AvgIpc) is 2.52. The van der Waals surface area contributed by atoms with Gasteiger partial charge < -0.3 is 10.1 Å². The molecule has 0 radical (unpaired) electrons. The maximum Gasteiger partial charge on any atom is 0.316 e. The van der Waals surface area contributed by atoms with Crippen molar-refractivity contribution >= 4 is 39.5 Å². The van der Waals surface area contributed by atoms with Crippen LogP contribution in [-0.4, -0.2) is 28.8 Å². The van der Waals surface area contributed by atoms with Crippen LogP contribution in [0.2, 0.25) is 0 Å². The van der Waals surface area contributed by atoms with E-state index in [1.165, 1.54) is 18.9 Å². The van der Waals surface area contributed by atoms with Crippen LogP contribution >= 0.6 is 27.7 Å². The molecule has 1 aromatic heterocycles. The van der Waals surface area contributed by atoms with Crippen LogP contribution in [0.25, 0.3) is 0 Å². The third kappa shape index (κ3) is 5.35. The molecule has 0 saturated carbocycles. The molecule has 1 heterocycles. The molecule has 0 bridgehead atoms. The summed E-state index contributed by atoms with van der Waals surface area (Å²) in [5.74, 6) is 0.615. The van der Waals surface area contributed by atoms with Crippen molar-refractivity contribution in [1.29, 1.82) is 0 Å². The number of aromatic nitrogens is 2. The van der Waals surface area contributed by atoms with Gasteiger partial charge in [-0.3, -0.25) is 9.78 Å². The third-order valence-electron chi connectivity index (χ3n) is 2.56. The Kier molecular flexibility index (Phi) is 6.01. The summed E-state index contributed by atoms with van der Waals surface area (Å²) in [6.45, 7) is 0.660. The van der Waals surface area contributed by atoms with Crippen LogP contribution in [0.1, 0.15) is 5.56 Å². The number of methoxy groups -OCH3 is 1. The van der Waals surface area contributed by atoms with Crippen molar-refractivity contribution in [2.75, 3.05) is 18.2 Å². The second-order valence-electron chi connectivity index (χ2n) is 4.09. The topological polar surface area (TPSA) is 64.1 Å². The number of nitrogens with zero attached hydrogens (tertiary/aromatic N) is 2. The largest absolute Gasteiger partial charge is 0.468 e. The van der Waals surface area contributed by atoms with E-state index in [9.17, 15) is 4.79 Å². The van der Waals surface area contributed by atoms with Crippen LogP contribution in [0.3, 0.4) is 0 Å². The highest BCUT2D eigenvalue weighted by Gasteiger charge is 2.04. The molecule has 0 aliphatic rings. The molecule has 1 aromatic carbocycles. The third-order valence-corrected chi connectivity index (χ3v) is 3.97. The molecular formula is C14H14BrN3O2S. The van der Waals surface area contributed by atoms with Gasteiger partial charge in [0.05, 0.1) is 25.3 Å². The summed E-state index contributed by atoms with van der Waals surface area (Å²) < 4.78 is 5.64. The minimum atomic E-state index is -0.282. The van der Waals surface area contributed by atoms with Crippen molar-refractivity contribution in [2.45, 2.75) is 11.6 Å². The molecule has 0 spiro atoms. The number of thioether (sulfide) groups is 1. The summed E-state index contributed by atoms with van der Waals surface area (Å²) in [4.78, 5) is 19.6. The second kappa shape index (κ2) is 7.99. The maximum absolute atomic E-state index is 11.1. The quantitative estimate of drug-likeness (QED) is 0.625. The Bertz CT molecular complexity index is 607. The van der Waals surface area contributed by atoms with E-state index in [-0.39, 0.29) is 11.7 Å². The van der Waals surface area contributed by atoms with E-state index in [0.717, 1.165) is 10.0 Å². The number of carbonyl (C=O) groups excluding carboxylic acids is 1. The maximum atomic E-state index is 11.1. The van der Waals surface area contributed by atoms with E-state index in [1.807, 2.05) is 24.3 Å². The first-order valence-electron chi connectivity index (χ1n) is 6.17. The minimum Gasteiger partial charge on any atom is -0.468 e. The van der Waals surface area contributed by atoms with Crippen molar-refractivity contribution in [1.82, 2.24) is 9.97 Å². The first kappa shape index (κ1) is 15.8. The van der Waals surface area contributed by atoms with Crippen LogP contribution in [0, 0.1) is 0 Å². The molecule has 21 heavy (non-hydrogen) atoms. The normalized spacial score (nSPS) is 10.2. The van der Waals surface area contributed by atoms with Crippen LogP contribution in [0.4, 0.5) is 5.82 Å². The van der Waals surface area contributed by atoms with Gasteiger partial charge in [0.2, 0.25) is 0 Å². The number of halogens is 1. The van der Waals surface area contributed by atoms with E-state index in [0.29, 0.717) is 17.4 Å². The molecule has 0 fully saturated rings. The van der Waals surface area contributed by atoms with Gasteiger partial charge in [-0.2, -0.15) is 0 Å². The highest BCUT2D eigenvalue weighted by atomic mass is 79.9. The first-order valence-corrected chi connectivity index (χ1v) is 7.95. The van der Waals surface area contributed by atoms with Crippen LogP contribution < -0.4 is 5.32 Å². The summed E-state index contributed by atoms with van der Waals surface area (Å²) in [6, 6.07) is 8.04. The van der Waals surface area contributed by atoms with E-state index < -0.39 is 0 Å². The number of rotatable bonds is 6. The Labute approximate surface area is 135 Å². The molecular weight excluding hydrogens is 354 g/mol. The number of carbonyl (C=O) groups is 1. The molecule has 0 unspecified atom stereocenters. The lowest BCUT2D eigenvalue weighted by Crippen LogP contribution is -2.05. The van der Waals surface area contributed by atoms with Gasteiger partial charge >= 0.3 is 5.97 Å². The molecule has 0 saturated heterocycles. The summed E-state index contributed by atoms with van der Waals surface area (Å²) in [7, 11) is 1.37. The fourth-order valence-electron chi connectivity index (χ4n) is 1.49. The standard InChI is InChI=1S/C14H14BrN3O2S/c1-20-14(19)9-21-13-8-16-7-12(18-13)17-6-10-2-4-11(15)5-3-10/h2-5,7-8H,6,9H2,1H3,(H,17,18). The SMILES string of the molecule is COC(=O)CSc1cncc(NCc2ccc(Br)cc2)n1. The van der Waals surface area contributed by atoms with E-state index >= 15 is 0 Å². The Morgan fingerprint density at radius 2 is 2.10 bits per heavy atom. The zero-order valence-electron chi connectivity index (χ0n) is 11.4. The lowest BCUT2D eigenvalue weighted by Gasteiger charge is -2.07. The summed E-state index contributed by atoms with van der Waals surface area (Å²) in [6.07, 6.45) is 3.28. The number of hydrogen-bond donors (Lipinski definition) is 1. The average molecular weight is 368 g/mol. The zero-order valence-corrected chi connectivity index (χ0v) is 13.8. The molecule has 2 rings (SSSR count). The molecule has 2 aromatic rings.